The number of aromatic nitrogens is 1. The van der Waals surface area contributed by atoms with Gasteiger partial charge in [0.05, 0.1) is 16.1 Å². The summed E-state index contributed by atoms with van der Waals surface area (Å²) < 4.78 is 70.0. The van der Waals surface area contributed by atoms with Crippen LogP contribution in [-0.2, 0) is 23.2 Å². The number of hydrogen-bond acceptors (Lipinski definition) is 3. The molecular weight excluding hydrogens is 467 g/mol. The Bertz CT molecular complexity index is 1140. The van der Waals surface area contributed by atoms with Crippen molar-refractivity contribution in [3.05, 3.63) is 45.7 Å². The number of benzene rings is 1. The molecule has 1 aromatic carbocycles. The van der Waals surface area contributed by atoms with Gasteiger partial charge in [-0.05, 0) is 44.9 Å². The van der Waals surface area contributed by atoms with Gasteiger partial charge < -0.3 is 9.47 Å². The molecule has 1 saturated heterocycles. The van der Waals surface area contributed by atoms with Gasteiger partial charge in [-0.25, -0.2) is 8.42 Å². The molecule has 1 N–H and O–H groups in total. The van der Waals surface area contributed by atoms with Crippen molar-refractivity contribution in [1.29, 1.82) is 0 Å². The Morgan fingerprint density at radius 1 is 1.06 bits per heavy atom. The van der Waals surface area contributed by atoms with Crippen molar-refractivity contribution in [2.45, 2.75) is 50.6 Å². The van der Waals surface area contributed by atoms with E-state index >= 15 is 0 Å². The van der Waals surface area contributed by atoms with Gasteiger partial charge in [0.15, 0.2) is 0 Å². The monoisotopic (exact) mass is 491 g/mol. The van der Waals surface area contributed by atoms with Crippen LogP contribution in [0.2, 0.25) is 5.02 Å². The lowest BCUT2D eigenvalue weighted by atomic mass is 10.2. The molecule has 0 atom stereocenters. The van der Waals surface area contributed by atoms with Crippen LogP contribution in [0.3, 0.4) is 0 Å². The summed E-state index contributed by atoms with van der Waals surface area (Å²) in [5.74, 6) is -0.388. The number of carbonyl (C=O) groups excluding carboxylic acids is 1. The zero-order valence-corrected chi connectivity index (χ0v) is 19.6. The molecule has 1 aliphatic rings. The summed E-state index contributed by atoms with van der Waals surface area (Å²) in [6.45, 7) is 4.28. The fourth-order valence-electron chi connectivity index (χ4n) is 3.94. The highest BCUT2D eigenvalue weighted by Crippen LogP contribution is 2.37. The lowest BCUT2D eigenvalue weighted by Crippen LogP contribution is -2.33. The maximum Gasteiger partial charge on any atom is 0.417 e. The van der Waals surface area contributed by atoms with E-state index in [9.17, 15) is 26.4 Å². The van der Waals surface area contributed by atoms with E-state index < -0.39 is 26.8 Å². The third-order valence-electron chi connectivity index (χ3n) is 5.82. The first kappa shape index (κ1) is 24.4. The van der Waals surface area contributed by atoms with Crippen molar-refractivity contribution in [2.24, 2.45) is 7.05 Å². The van der Waals surface area contributed by atoms with Crippen molar-refractivity contribution < 1.29 is 26.4 Å². The number of halogens is 4. The van der Waals surface area contributed by atoms with Crippen molar-refractivity contribution in [3.63, 3.8) is 0 Å². The van der Waals surface area contributed by atoms with E-state index in [1.807, 2.05) is 0 Å². The molecule has 0 aliphatic carbocycles. The summed E-state index contributed by atoms with van der Waals surface area (Å²) in [6, 6.07) is 2.77. The molecule has 0 spiro atoms. The van der Waals surface area contributed by atoms with E-state index in [4.69, 9.17) is 11.6 Å². The molecule has 0 bridgehead atoms. The fourth-order valence-corrected chi connectivity index (χ4v) is 5.74. The highest BCUT2D eigenvalue weighted by atomic mass is 35.5. The van der Waals surface area contributed by atoms with Gasteiger partial charge >= 0.3 is 6.18 Å². The van der Waals surface area contributed by atoms with Gasteiger partial charge in [-0.15, -0.1) is 0 Å². The molecule has 2 heterocycles. The third kappa shape index (κ3) is 4.76. The fraction of sp³-hybridized carbons (Fsp3) is 0.476. The van der Waals surface area contributed by atoms with Crippen LogP contribution in [0.25, 0.3) is 0 Å². The predicted molar refractivity (Wildman–Crippen MR) is 117 cm³/mol. The number of alkyl halides is 3. The van der Waals surface area contributed by atoms with Gasteiger partial charge in [0.1, 0.15) is 4.90 Å². The first-order valence-corrected chi connectivity index (χ1v) is 12.1. The van der Waals surface area contributed by atoms with E-state index in [0.29, 0.717) is 30.5 Å². The number of anilines is 1. The highest BCUT2D eigenvalue weighted by Gasteiger charge is 2.35. The molecule has 6 nitrogen and oxygen atoms in total. The number of carbonyl (C=O) groups is 1. The standard InChI is InChI=1S/C21H25ClF3N3O3S/c1-13-18(20(29)28-10-6-4-5-7-11-28)19(14(2)27(13)3)32(30,31)26-15-8-9-17(22)16(12-15)21(23,24)25/h8-9,12,26H,4-7,10-11H2,1-3H3. The smallest absolute Gasteiger partial charge is 0.350 e. The molecule has 0 unspecified atom stereocenters. The van der Waals surface area contributed by atoms with Gasteiger partial charge in [-0.3, -0.25) is 9.52 Å². The molecule has 0 saturated carbocycles. The van der Waals surface area contributed by atoms with E-state index in [-0.39, 0.29) is 22.1 Å². The summed E-state index contributed by atoms with van der Waals surface area (Å²) in [4.78, 5) is 14.8. The average Bonchev–Trinajstić information content (AvgIpc) is 2.89. The Morgan fingerprint density at radius 3 is 2.22 bits per heavy atom. The number of likely N-dealkylation sites (tertiary alicyclic amines) is 1. The molecule has 1 aliphatic heterocycles. The van der Waals surface area contributed by atoms with Gasteiger partial charge in [0.2, 0.25) is 0 Å². The Hall–Kier alpha value is -2.20. The van der Waals surface area contributed by atoms with E-state index in [0.717, 1.165) is 37.8 Å². The van der Waals surface area contributed by atoms with E-state index in [1.165, 1.54) is 0 Å². The maximum absolute atomic E-state index is 13.3. The van der Waals surface area contributed by atoms with Crippen LogP contribution >= 0.6 is 11.6 Å². The van der Waals surface area contributed by atoms with Gasteiger partial charge in [-0.1, -0.05) is 24.4 Å². The number of sulfonamides is 1. The Morgan fingerprint density at radius 2 is 1.66 bits per heavy atom. The molecule has 11 heteroatoms. The third-order valence-corrected chi connectivity index (χ3v) is 7.69. The number of rotatable bonds is 4. The topological polar surface area (TPSA) is 71.4 Å². The second-order valence-electron chi connectivity index (χ2n) is 7.94. The second kappa shape index (κ2) is 8.97. The molecule has 32 heavy (non-hydrogen) atoms. The minimum atomic E-state index is -4.74. The molecule has 1 aromatic heterocycles. The van der Waals surface area contributed by atoms with Crippen molar-refractivity contribution in [2.75, 3.05) is 17.8 Å². The Labute approximate surface area is 190 Å². The average molecular weight is 492 g/mol. The summed E-state index contributed by atoms with van der Waals surface area (Å²) in [6.07, 6.45) is -1.07. The number of nitrogens with one attached hydrogen (secondary N) is 1. The van der Waals surface area contributed by atoms with Crippen LogP contribution in [0, 0.1) is 13.8 Å². The zero-order chi connectivity index (χ0) is 23.8. The van der Waals surface area contributed by atoms with Crippen LogP contribution in [-0.4, -0.2) is 36.9 Å². The normalized spacial score (nSPS) is 15.5. The summed E-state index contributed by atoms with van der Waals surface area (Å²) >= 11 is 5.63. The summed E-state index contributed by atoms with van der Waals surface area (Å²) in [5, 5.41) is -0.538. The summed E-state index contributed by atoms with van der Waals surface area (Å²) in [7, 11) is -2.73. The lowest BCUT2D eigenvalue weighted by Gasteiger charge is -2.21. The molecular formula is C21H25ClF3N3O3S. The Kier molecular flexibility index (Phi) is 6.86. The largest absolute Gasteiger partial charge is 0.417 e. The van der Waals surface area contributed by atoms with Crippen molar-refractivity contribution in [1.82, 2.24) is 9.47 Å². The molecule has 2 aromatic rings. The van der Waals surface area contributed by atoms with Gasteiger partial charge in [0.25, 0.3) is 15.9 Å². The molecule has 1 amide bonds. The highest BCUT2D eigenvalue weighted by molar-refractivity contribution is 7.92. The first-order chi connectivity index (χ1) is 14.8. The first-order valence-electron chi connectivity index (χ1n) is 10.2. The van der Waals surface area contributed by atoms with Crippen LogP contribution in [0.15, 0.2) is 23.1 Å². The molecule has 1 fully saturated rings. The van der Waals surface area contributed by atoms with Crippen LogP contribution < -0.4 is 4.72 Å². The molecule has 176 valence electrons. The van der Waals surface area contributed by atoms with Crippen molar-refractivity contribution in [3.8, 4) is 0 Å². The van der Waals surface area contributed by atoms with Crippen molar-refractivity contribution >= 4 is 33.2 Å². The van der Waals surface area contributed by atoms with Gasteiger partial charge in [0, 0.05) is 37.2 Å². The van der Waals surface area contributed by atoms with Crippen LogP contribution in [0.5, 0.6) is 0 Å². The summed E-state index contributed by atoms with van der Waals surface area (Å²) in [5.41, 5.74) is -0.608. The number of nitrogens with zero attached hydrogens (tertiary/aromatic N) is 2. The number of hydrogen-bond donors (Lipinski definition) is 1. The minimum Gasteiger partial charge on any atom is -0.350 e. The van der Waals surface area contributed by atoms with Crippen LogP contribution in [0.4, 0.5) is 18.9 Å². The van der Waals surface area contributed by atoms with E-state index in [1.54, 1.807) is 30.4 Å². The minimum absolute atomic E-state index is 0.0457. The van der Waals surface area contributed by atoms with Gasteiger partial charge in [-0.2, -0.15) is 13.2 Å². The molecule has 0 radical (unpaired) electrons. The second-order valence-corrected chi connectivity index (χ2v) is 9.96. The maximum atomic E-state index is 13.3. The Balaban J connectivity index is 2.05. The number of amides is 1. The zero-order valence-electron chi connectivity index (χ0n) is 18.0. The lowest BCUT2D eigenvalue weighted by molar-refractivity contribution is -0.137. The predicted octanol–water partition coefficient (Wildman–Crippen LogP) is 5.13. The SMILES string of the molecule is Cc1c(C(=O)N2CCCCCC2)c(S(=O)(=O)Nc2ccc(Cl)c(C(F)(F)F)c2)c(C)n1C. The van der Waals surface area contributed by atoms with E-state index in [2.05, 4.69) is 4.72 Å². The quantitative estimate of drug-likeness (QED) is 0.644. The van der Waals surface area contributed by atoms with Crippen LogP contribution in [0.1, 0.15) is 53.0 Å². The molecule has 3 rings (SSSR count).